The molecule has 2 aliphatic rings. The van der Waals surface area contributed by atoms with Crippen molar-refractivity contribution in [2.24, 2.45) is 0 Å². The molecule has 11 aromatic rings. The number of fused-ring (bicyclic) bond motifs is 9. The van der Waals surface area contributed by atoms with Crippen LogP contribution >= 0.6 is 0 Å². The third kappa shape index (κ3) is 6.76. The van der Waals surface area contributed by atoms with Gasteiger partial charge in [-0.1, -0.05) is 193 Å². The Morgan fingerprint density at radius 1 is 0.380 bits per heavy atom. The van der Waals surface area contributed by atoms with E-state index in [0.29, 0.717) is 0 Å². The van der Waals surface area contributed by atoms with E-state index in [2.05, 4.69) is 269 Å². The van der Waals surface area contributed by atoms with Crippen molar-refractivity contribution in [1.82, 2.24) is 4.57 Å². The smallest absolute Gasteiger partial charge is 0.0541 e. The zero-order valence-corrected chi connectivity index (χ0v) is 41.2. The van der Waals surface area contributed by atoms with Crippen molar-refractivity contribution in [3.63, 3.8) is 0 Å². The molecular weight excluding hydrogens is 857 g/mol. The molecule has 71 heavy (non-hydrogen) atoms. The van der Waals surface area contributed by atoms with Crippen LogP contribution in [0.4, 0.5) is 17.1 Å². The number of hydrogen-bond donors (Lipinski definition) is 0. The lowest BCUT2D eigenvalue weighted by atomic mass is 9.77. The van der Waals surface area contributed by atoms with Gasteiger partial charge in [-0.15, -0.1) is 0 Å². The van der Waals surface area contributed by atoms with E-state index in [-0.39, 0.29) is 10.8 Å². The minimum Gasteiger partial charge on any atom is -0.311 e. The van der Waals surface area contributed by atoms with Gasteiger partial charge in [-0.25, -0.2) is 0 Å². The van der Waals surface area contributed by atoms with Gasteiger partial charge < -0.3 is 9.47 Å². The van der Waals surface area contributed by atoms with Crippen LogP contribution in [0.3, 0.4) is 0 Å². The summed E-state index contributed by atoms with van der Waals surface area (Å²) in [5, 5.41) is 2.53. The number of hydrogen-bond acceptors (Lipinski definition) is 1. The zero-order chi connectivity index (χ0) is 48.0. The van der Waals surface area contributed by atoms with E-state index in [1.54, 1.807) is 0 Å². The minimum absolute atomic E-state index is 0.0764. The molecule has 1 aromatic heterocycles. The average molecular weight is 913 g/mol. The topological polar surface area (TPSA) is 8.17 Å². The maximum atomic E-state index is 2.57. The van der Waals surface area contributed by atoms with Gasteiger partial charge in [-0.3, -0.25) is 0 Å². The van der Waals surface area contributed by atoms with Gasteiger partial charge in [-0.2, -0.15) is 0 Å². The fourth-order valence-corrected chi connectivity index (χ4v) is 12.4. The van der Waals surface area contributed by atoms with Crippen LogP contribution in [0.5, 0.6) is 0 Å². The van der Waals surface area contributed by atoms with Crippen molar-refractivity contribution >= 4 is 38.9 Å². The first-order valence-electron chi connectivity index (χ1n) is 25.4. The third-order valence-corrected chi connectivity index (χ3v) is 15.9. The standard InChI is InChI=1S/C69H56N2/c1-6-16-50-33-42-55(66-60-44-62-59(43-63(60)69(4,5)67(50)66)56-19-10-13-22-61(56)68(62,2)3)49-31-36-52(37-32-49)70(51-34-29-48(30-35-51)47-27-25-46(26-28-47)45-17-8-7-9-18-45)53-38-40-54(41-39-53)71-64-23-14-11-20-57(64)58-21-12-15-24-65(58)71/h7-15,17-44H,6,16H2,1-5H3. The Kier molecular flexibility index (Phi) is 9.94. The van der Waals surface area contributed by atoms with Crippen molar-refractivity contribution in [3.8, 4) is 61.3 Å². The highest BCUT2D eigenvalue weighted by Crippen LogP contribution is 2.58. The second kappa shape index (κ2) is 16.5. The molecule has 0 unspecified atom stereocenters. The molecule has 0 radical (unpaired) electrons. The Bertz CT molecular complexity index is 3780. The van der Waals surface area contributed by atoms with E-state index in [4.69, 9.17) is 0 Å². The molecule has 0 fully saturated rings. The number of rotatable bonds is 9. The highest BCUT2D eigenvalue weighted by Gasteiger charge is 2.43. The Morgan fingerprint density at radius 2 is 0.859 bits per heavy atom. The van der Waals surface area contributed by atoms with Crippen LogP contribution in [-0.2, 0) is 17.3 Å². The maximum absolute atomic E-state index is 2.57. The molecule has 0 amide bonds. The Balaban J connectivity index is 0.914. The molecular formula is C69H56N2. The Hall–Kier alpha value is -8.20. The van der Waals surface area contributed by atoms with Gasteiger partial charge in [0.25, 0.3) is 0 Å². The summed E-state index contributed by atoms with van der Waals surface area (Å²) in [5.41, 5.74) is 26.8. The molecule has 1 heterocycles. The highest BCUT2D eigenvalue weighted by molar-refractivity contribution is 6.09. The fraction of sp³-hybridized carbons (Fsp3) is 0.130. The van der Waals surface area contributed by atoms with E-state index < -0.39 is 0 Å². The van der Waals surface area contributed by atoms with Gasteiger partial charge in [0.2, 0.25) is 0 Å². The largest absolute Gasteiger partial charge is 0.311 e. The fourth-order valence-electron chi connectivity index (χ4n) is 12.4. The average Bonchev–Trinajstić information content (AvgIpc) is 3.96. The van der Waals surface area contributed by atoms with Gasteiger partial charge in [0, 0.05) is 44.4 Å². The lowest BCUT2D eigenvalue weighted by Crippen LogP contribution is -2.18. The number of aryl methyl sites for hydroxylation is 1. The van der Waals surface area contributed by atoms with Gasteiger partial charge in [0.05, 0.1) is 11.0 Å². The molecule has 342 valence electrons. The van der Waals surface area contributed by atoms with E-state index >= 15 is 0 Å². The van der Waals surface area contributed by atoms with E-state index in [1.165, 1.54) is 105 Å². The highest BCUT2D eigenvalue weighted by atomic mass is 15.1. The van der Waals surface area contributed by atoms with Crippen LogP contribution in [0.15, 0.2) is 224 Å². The summed E-state index contributed by atoms with van der Waals surface area (Å²) < 4.78 is 2.39. The molecule has 13 rings (SSSR count). The second-order valence-corrected chi connectivity index (χ2v) is 20.8. The predicted octanol–water partition coefficient (Wildman–Crippen LogP) is 18.8. The van der Waals surface area contributed by atoms with Crippen LogP contribution in [0.25, 0.3) is 83.1 Å². The molecule has 0 saturated heterocycles. The summed E-state index contributed by atoms with van der Waals surface area (Å²) in [6, 6.07) is 83.5. The van der Waals surface area contributed by atoms with E-state index in [0.717, 1.165) is 35.6 Å². The van der Waals surface area contributed by atoms with Crippen LogP contribution in [0.1, 0.15) is 68.9 Å². The summed E-state index contributed by atoms with van der Waals surface area (Å²) >= 11 is 0. The SMILES string of the molecule is CCCc1ccc(-c2ccc(N(c3ccc(-c4ccc(-c5ccccc5)cc4)cc3)c3ccc(-n4c5ccccc5c5ccccc54)cc3)cc2)c2c1C(C)(C)c1cc3c(cc1-2)C(C)(C)c1ccccc1-3. The van der Waals surface area contributed by atoms with Crippen molar-refractivity contribution in [1.29, 1.82) is 0 Å². The quantitative estimate of drug-likeness (QED) is 0.140. The molecule has 0 saturated carbocycles. The van der Waals surface area contributed by atoms with E-state index in [9.17, 15) is 0 Å². The summed E-state index contributed by atoms with van der Waals surface area (Å²) in [4.78, 5) is 2.40. The van der Waals surface area contributed by atoms with Crippen molar-refractivity contribution < 1.29 is 0 Å². The monoisotopic (exact) mass is 912 g/mol. The summed E-state index contributed by atoms with van der Waals surface area (Å²) in [6.45, 7) is 12.0. The normalized spacial score (nSPS) is 13.8. The van der Waals surface area contributed by atoms with Crippen LogP contribution in [0, 0.1) is 0 Å². The maximum Gasteiger partial charge on any atom is 0.0541 e. The Morgan fingerprint density at radius 3 is 1.46 bits per heavy atom. The number of para-hydroxylation sites is 2. The molecule has 2 aliphatic carbocycles. The van der Waals surface area contributed by atoms with Gasteiger partial charge in [0.1, 0.15) is 0 Å². The lowest BCUT2D eigenvalue weighted by molar-refractivity contribution is 0.645. The molecule has 2 nitrogen and oxygen atoms in total. The molecule has 0 aliphatic heterocycles. The van der Waals surface area contributed by atoms with Gasteiger partial charge in [0.15, 0.2) is 0 Å². The first kappa shape index (κ1) is 42.9. The van der Waals surface area contributed by atoms with Crippen molar-refractivity contribution in [3.05, 3.63) is 252 Å². The molecule has 0 N–H and O–H groups in total. The predicted molar refractivity (Wildman–Crippen MR) is 301 cm³/mol. The van der Waals surface area contributed by atoms with Crippen LogP contribution < -0.4 is 4.90 Å². The van der Waals surface area contributed by atoms with Crippen LogP contribution in [-0.4, -0.2) is 4.57 Å². The molecule has 0 atom stereocenters. The van der Waals surface area contributed by atoms with Crippen LogP contribution in [0.2, 0.25) is 0 Å². The van der Waals surface area contributed by atoms with Crippen molar-refractivity contribution in [2.45, 2.75) is 58.3 Å². The molecule has 2 heteroatoms. The summed E-state index contributed by atoms with van der Waals surface area (Å²) in [6.07, 6.45) is 2.18. The first-order chi connectivity index (χ1) is 34.7. The number of benzene rings is 10. The van der Waals surface area contributed by atoms with Crippen molar-refractivity contribution in [2.75, 3.05) is 4.90 Å². The number of aromatic nitrogens is 1. The molecule has 0 bridgehead atoms. The van der Waals surface area contributed by atoms with Gasteiger partial charge >= 0.3 is 0 Å². The third-order valence-electron chi connectivity index (χ3n) is 15.9. The first-order valence-corrected chi connectivity index (χ1v) is 25.4. The number of nitrogens with zero attached hydrogens (tertiary/aromatic N) is 2. The molecule has 10 aromatic carbocycles. The zero-order valence-electron chi connectivity index (χ0n) is 41.2. The van der Waals surface area contributed by atoms with Gasteiger partial charge in [-0.05, 0) is 163 Å². The Labute approximate surface area is 418 Å². The second-order valence-electron chi connectivity index (χ2n) is 20.8. The number of anilines is 3. The molecule has 0 spiro atoms. The minimum atomic E-state index is -0.139. The summed E-state index contributed by atoms with van der Waals surface area (Å²) in [7, 11) is 0. The summed E-state index contributed by atoms with van der Waals surface area (Å²) in [5.74, 6) is 0. The van der Waals surface area contributed by atoms with E-state index in [1.807, 2.05) is 0 Å². The lowest BCUT2D eigenvalue weighted by Gasteiger charge is -2.27.